The van der Waals surface area contributed by atoms with Gasteiger partial charge in [-0.25, -0.2) is 4.98 Å². The Morgan fingerprint density at radius 2 is 2.33 bits per heavy atom. The number of aliphatic hydroxyl groups is 1. The summed E-state index contributed by atoms with van der Waals surface area (Å²) in [5, 5.41) is 13.3. The molecule has 3 nitrogen and oxygen atoms in total. The minimum absolute atomic E-state index is 0.152. The molecule has 94 valence electrons. The standard InChI is InChI=1S/C14H15NO2S/c16-12(9-14-15-6-8-18-14)10-5-7-17-13-4-2-1-3-11(10)13/h1-4,6,8,10,12,16H,5,7,9H2. The number of fused-ring (bicyclic) bond motifs is 1. The lowest BCUT2D eigenvalue weighted by molar-refractivity contribution is 0.116. The zero-order chi connectivity index (χ0) is 12.4. The van der Waals surface area contributed by atoms with E-state index in [1.807, 2.05) is 29.6 Å². The first-order valence-electron chi connectivity index (χ1n) is 6.13. The van der Waals surface area contributed by atoms with Gasteiger partial charge < -0.3 is 9.84 Å². The van der Waals surface area contributed by atoms with E-state index in [0.29, 0.717) is 13.0 Å². The second-order valence-corrected chi connectivity index (χ2v) is 5.46. The summed E-state index contributed by atoms with van der Waals surface area (Å²) in [6.07, 6.45) is 2.88. The van der Waals surface area contributed by atoms with Gasteiger partial charge in [0.2, 0.25) is 0 Å². The molecule has 3 rings (SSSR count). The number of benzene rings is 1. The van der Waals surface area contributed by atoms with Gasteiger partial charge in [-0.1, -0.05) is 18.2 Å². The van der Waals surface area contributed by atoms with Crippen molar-refractivity contribution in [3.63, 3.8) is 0 Å². The fourth-order valence-electron chi connectivity index (χ4n) is 2.44. The number of ether oxygens (including phenoxy) is 1. The molecule has 0 fully saturated rings. The van der Waals surface area contributed by atoms with E-state index >= 15 is 0 Å². The summed E-state index contributed by atoms with van der Waals surface area (Å²) in [6, 6.07) is 7.98. The van der Waals surface area contributed by atoms with Crippen LogP contribution < -0.4 is 4.74 Å². The second-order valence-electron chi connectivity index (χ2n) is 4.48. The maximum atomic E-state index is 10.4. The van der Waals surface area contributed by atoms with Gasteiger partial charge in [-0.15, -0.1) is 11.3 Å². The minimum atomic E-state index is -0.388. The third kappa shape index (κ3) is 2.26. The number of rotatable bonds is 3. The molecule has 0 bridgehead atoms. The third-order valence-corrected chi connectivity index (χ3v) is 4.14. The average Bonchev–Trinajstić information content (AvgIpc) is 2.91. The number of para-hydroxylation sites is 1. The molecule has 2 heterocycles. The summed E-state index contributed by atoms with van der Waals surface area (Å²) < 4.78 is 5.61. The van der Waals surface area contributed by atoms with Crippen LogP contribution in [-0.2, 0) is 6.42 Å². The molecule has 0 saturated carbocycles. The average molecular weight is 261 g/mol. The second kappa shape index (κ2) is 5.08. The summed E-state index contributed by atoms with van der Waals surface area (Å²) in [5.74, 6) is 1.06. The van der Waals surface area contributed by atoms with Crippen LogP contribution in [0.5, 0.6) is 5.75 Å². The maximum absolute atomic E-state index is 10.4. The van der Waals surface area contributed by atoms with E-state index in [4.69, 9.17) is 4.74 Å². The molecule has 1 aromatic heterocycles. The fourth-order valence-corrected chi connectivity index (χ4v) is 3.11. The highest BCUT2D eigenvalue weighted by molar-refractivity contribution is 7.09. The Kier molecular flexibility index (Phi) is 3.30. The van der Waals surface area contributed by atoms with Gasteiger partial charge in [-0.2, -0.15) is 0 Å². The van der Waals surface area contributed by atoms with Crippen LogP contribution in [-0.4, -0.2) is 22.8 Å². The molecule has 0 amide bonds. The highest BCUT2D eigenvalue weighted by Crippen LogP contribution is 2.36. The molecular weight excluding hydrogens is 246 g/mol. The van der Waals surface area contributed by atoms with Crippen LogP contribution in [0.4, 0.5) is 0 Å². The Labute approximate surface area is 110 Å². The van der Waals surface area contributed by atoms with Crippen LogP contribution in [0.1, 0.15) is 22.9 Å². The molecule has 0 radical (unpaired) electrons. The number of aromatic nitrogens is 1. The van der Waals surface area contributed by atoms with Crippen LogP contribution in [0.15, 0.2) is 35.8 Å². The Morgan fingerprint density at radius 3 is 3.17 bits per heavy atom. The zero-order valence-electron chi connectivity index (χ0n) is 9.95. The van der Waals surface area contributed by atoms with Crippen LogP contribution >= 0.6 is 11.3 Å². The van der Waals surface area contributed by atoms with Crippen molar-refractivity contribution in [2.75, 3.05) is 6.61 Å². The number of hydrogen-bond acceptors (Lipinski definition) is 4. The quantitative estimate of drug-likeness (QED) is 0.923. The van der Waals surface area contributed by atoms with Gasteiger partial charge in [0, 0.05) is 23.9 Å². The smallest absolute Gasteiger partial charge is 0.122 e. The summed E-state index contributed by atoms with van der Waals surface area (Å²) in [6.45, 7) is 0.677. The molecule has 18 heavy (non-hydrogen) atoms. The van der Waals surface area contributed by atoms with Crippen molar-refractivity contribution in [2.45, 2.75) is 24.9 Å². The van der Waals surface area contributed by atoms with Crippen molar-refractivity contribution in [3.8, 4) is 5.75 Å². The number of hydrogen-bond donors (Lipinski definition) is 1. The van der Waals surface area contributed by atoms with Crippen LogP contribution in [0.25, 0.3) is 0 Å². The molecule has 1 aliphatic rings. The van der Waals surface area contributed by atoms with Crippen LogP contribution in [0.3, 0.4) is 0 Å². The van der Waals surface area contributed by atoms with E-state index in [1.165, 1.54) is 0 Å². The first kappa shape index (κ1) is 11.7. The third-order valence-electron chi connectivity index (χ3n) is 3.34. The zero-order valence-corrected chi connectivity index (χ0v) is 10.8. The van der Waals surface area contributed by atoms with Gasteiger partial charge in [0.25, 0.3) is 0 Å². The molecule has 1 N–H and O–H groups in total. The molecule has 2 atom stereocenters. The Bertz CT molecular complexity index is 512. The fraction of sp³-hybridized carbons (Fsp3) is 0.357. The molecular formula is C14H15NO2S. The summed E-state index contributed by atoms with van der Waals surface area (Å²) >= 11 is 1.59. The molecule has 4 heteroatoms. The number of thiazole rings is 1. The van der Waals surface area contributed by atoms with Crippen molar-refractivity contribution in [3.05, 3.63) is 46.4 Å². The summed E-state index contributed by atoms with van der Waals surface area (Å²) in [5.41, 5.74) is 1.12. The van der Waals surface area contributed by atoms with Crippen molar-refractivity contribution < 1.29 is 9.84 Å². The lowest BCUT2D eigenvalue weighted by Gasteiger charge is -2.29. The van der Waals surface area contributed by atoms with Crippen molar-refractivity contribution in [1.82, 2.24) is 4.98 Å². The van der Waals surface area contributed by atoms with Crippen LogP contribution in [0, 0.1) is 0 Å². The van der Waals surface area contributed by atoms with Gasteiger partial charge in [0.15, 0.2) is 0 Å². The number of aliphatic hydroxyl groups excluding tert-OH is 1. The van der Waals surface area contributed by atoms with E-state index in [-0.39, 0.29) is 12.0 Å². The number of nitrogens with zero attached hydrogens (tertiary/aromatic N) is 1. The first-order valence-corrected chi connectivity index (χ1v) is 7.01. The summed E-state index contributed by atoms with van der Waals surface area (Å²) in [4.78, 5) is 4.23. The highest BCUT2D eigenvalue weighted by Gasteiger charge is 2.27. The molecule has 2 aromatic rings. The van der Waals surface area contributed by atoms with Crippen LogP contribution in [0.2, 0.25) is 0 Å². The summed E-state index contributed by atoms with van der Waals surface area (Å²) in [7, 11) is 0. The predicted octanol–water partition coefficient (Wildman–Crippen LogP) is 2.61. The normalized spacial score (nSPS) is 19.9. The van der Waals surface area contributed by atoms with E-state index in [1.54, 1.807) is 17.5 Å². The van der Waals surface area contributed by atoms with Gasteiger partial charge in [-0.05, 0) is 18.1 Å². The topological polar surface area (TPSA) is 42.4 Å². The molecule has 0 spiro atoms. The van der Waals surface area contributed by atoms with Gasteiger partial charge in [-0.3, -0.25) is 0 Å². The van der Waals surface area contributed by atoms with Crippen molar-refractivity contribution in [1.29, 1.82) is 0 Å². The predicted molar refractivity (Wildman–Crippen MR) is 71.1 cm³/mol. The Hall–Kier alpha value is -1.39. The van der Waals surface area contributed by atoms with Crippen molar-refractivity contribution in [2.24, 2.45) is 0 Å². The Balaban J connectivity index is 1.80. The monoisotopic (exact) mass is 261 g/mol. The minimum Gasteiger partial charge on any atom is -0.493 e. The SMILES string of the molecule is OC(Cc1nccs1)C1CCOc2ccccc21. The maximum Gasteiger partial charge on any atom is 0.122 e. The van der Waals surface area contributed by atoms with Crippen molar-refractivity contribution >= 4 is 11.3 Å². The Morgan fingerprint density at radius 1 is 1.44 bits per heavy atom. The molecule has 1 aromatic carbocycles. The van der Waals surface area contributed by atoms with Gasteiger partial charge in [0.05, 0.1) is 17.7 Å². The van der Waals surface area contributed by atoms with Gasteiger partial charge in [0.1, 0.15) is 5.75 Å². The molecule has 0 saturated heterocycles. The van der Waals surface area contributed by atoms with E-state index in [9.17, 15) is 5.11 Å². The largest absolute Gasteiger partial charge is 0.493 e. The lowest BCUT2D eigenvalue weighted by Crippen LogP contribution is -2.26. The van der Waals surface area contributed by atoms with E-state index < -0.39 is 0 Å². The highest BCUT2D eigenvalue weighted by atomic mass is 32.1. The molecule has 2 unspecified atom stereocenters. The lowest BCUT2D eigenvalue weighted by atomic mass is 9.87. The van der Waals surface area contributed by atoms with E-state index in [2.05, 4.69) is 4.98 Å². The molecule has 1 aliphatic heterocycles. The van der Waals surface area contributed by atoms with Gasteiger partial charge >= 0.3 is 0 Å². The van der Waals surface area contributed by atoms with E-state index in [0.717, 1.165) is 22.7 Å². The molecule has 0 aliphatic carbocycles. The first-order chi connectivity index (χ1) is 8.84.